The molecule has 1 aliphatic heterocycles. The van der Waals surface area contributed by atoms with Crippen LogP contribution in [0.1, 0.15) is 28.9 Å². The quantitative estimate of drug-likeness (QED) is 0.849. The van der Waals surface area contributed by atoms with Crippen LogP contribution in [0.4, 0.5) is 0 Å². The van der Waals surface area contributed by atoms with Crippen molar-refractivity contribution in [2.45, 2.75) is 33.2 Å². The summed E-state index contributed by atoms with van der Waals surface area (Å²) in [6.45, 7) is 7.69. The Kier molecular flexibility index (Phi) is 4.71. The molecule has 3 rings (SSSR count). The van der Waals surface area contributed by atoms with Gasteiger partial charge in [0, 0.05) is 31.4 Å². The van der Waals surface area contributed by atoms with E-state index in [4.69, 9.17) is 4.74 Å². The molecule has 1 aliphatic rings. The van der Waals surface area contributed by atoms with Crippen molar-refractivity contribution in [3.05, 3.63) is 46.8 Å². The zero-order valence-corrected chi connectivity index (χ0v) is 14.7. The number of aromatic nitrogens is 2. The van der Waals surface area contributed by atoms with Gasteiger partial charge in [-0.25, -0.2) is 0 Å². The summed E-state index contributed by atoms with van der Waals surface area (Å²) >= 11 is 0. The highest BCUT2D eigenvalue weighted by molar-refractivity contribution is 5.27. The standard InChI is InChI=1S/C19H27N3O/c1-14-19(15(2)21(3)20-14)13-22-10-9-17(12-22)11-16-5-7-18(23-4)8-6-16/h5-8,17H,9-13H2,1-4H3. The Hall–Kier alpha value is -1.81. The van der Waals surface area contributed by atoms with E-state index in [-0.39, 0.29) is 0 Å². The van der Waals surface area contributed by atoms with E-state index in [9.17, 15) is 0 Å². The van der Waals surface area contributed by atoms with Crippen molar-refractivity contribution in [2.75, 3.05) is 20.2 Å². The highest BCUT2D eigenvalue weighted by Crippen LogP contribution is 2.25. The van der Waals surface area contributed by atoms with Crippen LogP contribution in [0, 0.1) is 19.8 Å². The molecule has 4 nitrogen and oxygen atoms in total. The van der Waals surface area contributed by atoms with Crippen molar-refractivity contribution in [1.82, 2.24) is 14.7 Å². The Balaban J connectivity index is 1.57. The molecular formula is C19H27N3O. The molecule has 0 spiro atoms. The first-order valence-electron chi connectivity index (χ1n) is 8.41. The van der Waals surface area contributed by atoms with Gasteiger partial charge >= 0.3 is 0 Å². The number of nitrogens with zero attached hydrogens (tertiary/aromatic N) is 3. The van der Waals surface area contributed by atoms with Gasteiger partial charge in [-0.2, -0.15) is 5.10 Å². The molecule has 0 aliphatic carbocycles. The highest BCUT2D eigenvalue weighted by atomic mass is 16.5. The molecule has 23 heavy (non-hydrogen) atoms. The van der Waals surface area contributed by atoms with Crippen molar-refractivity contribution in [3.63, 3.8) is 0 Å². The molecular weight excluding hydrogens is 286 g/mol. The second kappa shape index (κ2) is 6.75. The first-order chi connectivity index (χ1) is 11.1. The zero-order valence-electron chi connectivity index (χ0n) is 14.7. The summed E-state index contributed by atoms with van der Waals surface area (Å²) in [5.74, 6) is 1.69. The number of hydrogen-bond acceptors (Lipinski definition) is 3. The normalized spacial score (nSPS) is 18.5. The maximum absolute atomic E-state index is 5.23. The van der Waals surface area contributed by atoms with Crippen molar-refractivity contribution < 1.29 is 4.74 Å². The molecule has 0 amide bonds. The predicted octanol–water partition coefficient (Wildman–Crippen LogP) is 3.11. The second-order valence-electron chi connectivity index (χ2n) is 6.71. The number of rotatable bonds is 5. The average Bonchev–Trinajstić information content (AvgIpc) is 3.08. The summed E-state index contributed by atoms with van der Waals surface area (Å²) in [4.78, 5) is 2.57. The van der Waals surface area contributed by atoms with Crippen molar-refractivity contribution in [3.8, 4) is 5.75 Å². The van der Waals surface area contributed by atoms with Crippen molar-refractivity contribution >= 4 is 0 Å². The third kappa shape index (κ3) is 3.58. The van der Waals surface area contributed by atoms with Crippen LogP contribution in [0.5, 0.6) is 5.75 Å². The van der Waals surface area contributed by atoms with E-state index < -0.39 is 0 Å². The van der Waals surface area contributed by atoms with Crippen LogP contribution >= 0.6 is 0 Å². The number of ether oxygens (including phenoxy) is 1. The van der Waals surface area contributed by atoms with E-state index in [1.807, 2.05) is 11.7 Å². The summed E-state index contributed by atoms with van der Waals surface area (Å²) in [6, 6.07) is 8.50. The number of benzene rings is 1. The summed E-state index contributed by atoms with van der Waals surface area (Å²) in [5.41, 5.74) is 5.27. The lowest BCUT2D eigenvalue weighted by molar-refractivity contribution is 0.315. The third-order valence-electron chi connectivity index (χ3n) is 5.09. The Morgan fingerprint density at radius 1 is 1.22 bits per heavy atom. The molecule has 1 aromatic carbocycles. The van der Waals surface area contributed by atoms with Gasteiger partial charge in [0.2, 0.25) is 0 Å². The van der Waals surface area contributed by atoms with Gasteiger partial charge < -0.3 is 4.74 Å². The van der Waals surface area contributed by atoms with E-state index in [1.165, 1.54) is 42.0 Å². The maximum atomic E-state index is 5.23. The minimum absolute atomic E-state index is 0.751. The van der Waals surface area contributed by atoms with Crippen LogP contribution in [0.15, 0.2) is 24.3 Å². The molecule has 1 saturated heterocycles. The molecule has 0 bridgehead atoms. The van der Waals surface area contributed by atoms with Gasteiger partial charge in [-0.1, -0.05) is 12.1 Å². The summed E-state index contributed by atoms with van der Waals surface area (Å²) < 4.78 is 7.23. The van der Waals surface area contributed by atoms with Gasteiger partial charge in [-0.05, 0) is 56.8 Å². The Morgan fingerprint density at radius 2 is 1.96 bits per heavy atom. The zero-order chi connectivity index (χ0) is 16.4. The van der Waals surface area contributed by atoms with E-state index in [0.717, 1.165) is 24.6 Å². The average molecular weight is 313 g/mol. The Morgan fingerprint density at radius 3 is 2.57 bits per heavy atom. The number of hydrogen-bond donors (Lipinski definition) is 0. The molecule has 2 heterocycles. The lowest BCUT2D eigenvalue weighted by Gasteiger charge is -2.16. The van der Waals surface area contributed by atoms with E-state index in [2.05, 4.69) is 48.1 Å². The van der Waals surface area contributed by atoms with Crippen LogP contribution in [0.25, 0.3) is 0 Å². The van der Waals surface area contributed by atoms with Gasteiger partial charge in [0.25, 0.3) is 0 Å². The number of likely N-dealkylation sites (tertiary alicyclic amines) is 1. The van der Waals surface area contributed by atoms with Crippen molar-refractivity contribution in [2.24, 2.45) is 13.0 Å². The van der Waals surface area contributed by atoms with Crippen LogP contribution in [-0.4, -0.2) is 34.9 Å². The van der Waals surface area contributed by atoms with Crippen LogP contribution in [0.2, 0.25) is 0 Å². The van der Waals surface area contributed by atoms with Gasteiger partial charge in [0.05, 0.1) is 12.8 Å². The topological polar surface area (TPSA) is 30.3 Å². The van der Waals surface area contributed by atoms with Gasteiger partial charge in [0.1, 0.15) is 5.75 Å². The van der Waals surface area contributed by atoms with Gasteiger partial charge in [-0.3, -0.25) is 9.58 Å². The number of methoxy groups -OCH3 is 1. The molecule has 0 radical (unpaired) electrons. The third-order valence-corrected chi connectivity index (χ3v) is 5.09. The number of aryl methyl sites for hydroxylation is 2. The highest BCUT2D eigenvalue weighted by Gasteiger charge is 2.24. The first-order valence-corrected chi connectivity index (χ1v) is 8.41. The molecule has 0 N–H and O–H groups in total. The second-order valence-corrected chi connectivity index (χ2v) is 6.71. The molecule has 2 aromatic rings. The fourth-order valence-electron chi connectivity index (χ4n) is 3.59. The van der Waals surface area contributed by atoms with Crippen LogP contribution in [-0.2, 0) is 20.0 Å². The summed E-state index contributed by atoms with van der Waals surface area (Å²) in [5, 5.41) is 4.53. The molecule has 1 atom stereocenters. The summed E-state index contributed by atoms with van der Waals surface area (Å²) in [7, 11) is 3.74. The smallest absolute Gasteiger partial charge is 0.118 e. The lowest BCUT2D eigenvalue weighted by Crippen LogP contribution is -2.21. The maximum Gasteiger partial charge on any atom is 0.118 e. The van der Waals surface area contributed by atoms with Crippen molar-refractivity contribution in [1.29, 1.82) is 0 Å². The molecule has 0 saturated carbocycles. The fraction of sp³-hybridized carbons (Fsp3) is 0.526. The molecule has 1 aromatic heterocycles. The Labute approximate surface area is 139 Å². The van der Waals surface area contributed by atoms with E-state index in [0.29, 0.717) is 0 Å². The van der Waals surface area contributed by atoms with Gasteiger partial charge in [0.15, 0.2) is 0 Å². The largest absolute Gasteiger partial charge is 0.497 e. The van der Waals surface area contributed by atoms with Crippen LogP contribution < -0.4 is 4.74 Å². The van der Waals surface area contributed by atoms with E-state index >= 15 is 0 Å². The molecule has 4 heteroatoms. The van der Waals surface area contributed by atoms with Crippen LogP contribution in [0.3, 0.4) is 0 Å². The minimum atomic E-state index is 0.751. The lowest BCUT2D eigenvalue weighted by atomic mass is 9.99. The summed E-state index contributed by atoms with van der Waals surface area (Å²) in [6.07, 6.45) is 2.44. The monoisotopic (exact) mass is 313 g/mol. The van der Waals surface area contributed by atoms with Gasteiger partial charge in [-0.15, -0.1) is 0 Å². The molecule has 1 fully saturated rings. The SMILES string of the molecule is COc1ccc(CC2CCN(Cc3c(C)nn(C)c3C)C2)cc1. The van der Waals surface area contributed by atoms with E-state index in [1.54, 1.807) is 7.11 Å². The minimum Gasteiger partial charge on any atom is -0.497 e. The first kappa shape index (κ1) is 16.1. The predicted molar refractivity (Wildman–Crippen MR) is 92.8 cm³/mol. The fourth-order valence-corrected chi connectivity index (χ4v) is 3.59. The molecule has 1 unspecified atom stereocenters. The molecule has 124 valence electrons. The Bertz CT molecular complexity index is 660.